The molecule has 0 aromatic heterocycles. The third-order valence-electron chi connectivity index (χ3n) is 6.26. The van der Waals surface area contributed by atoms with E-state index < -0.39 is 0 Å². The molecule has 1 aromatic carbocycles. The zero-order valence-corrected chi connectivity index (χ0v) is 12.0. The lowest BCUT2D eigenvalue weighted by Gasteiger charge is -2.16. The summed E-state index contributed by atoms with van der Waals surface area (Å²) in [6.45, 7) is 4.32. The van der Waals surface area contributed by atoms with Crippen molar-refractivity contribution >= 4 is 0 Å². The van der Waals surface area contributed by atoms with Gasteiger partial charge in [0.05, 0.1) is 6.10 Å². The minimum atomic E-state index is -0.0968. The Balaban J connectivity index is 1.45. The van der Waals surface area contributed by atoms with Crippen molar-refractivity contribution in [3.05, 3.63) is 34.9 Å². The molecule has 1 nitrogen and oxygen atoms in total. The van der Waals surface area contributed by atoms with Crippen LogP contribution in [0.3, 0.4) is 0 Å². The van der Waals surface area contributed by atoms with E-state index >= 15 is 0 Å². The van der Waals surface area contributed by atoms with Crippen molar-refractivity contribution in [2.24, 2.45) is 29.6 Å². The number of rotatable bonds is 3. The first-order valence-electron chi connectivity index (χ1n) is 7.89. The Morgan fingerprint density at radius 2 is 1.79 bits per heavy atom. The normalized spacial score (nSPS) is 40.3. The molecule has 0 spiro atoms. The zero-order chi connectivity index (χ0) is 13.1. The molecule has 0 amide bonds. The first-order valence-corrected chi connectivity index (χ1v) is 7.89. The summed E-state index contributed by atoms with van der Waals surface area (Å²) in [5.41, 5.74) is 4.01. The summed E-state index contributed by atoms with van der Waals surface area (Å²) < 4.78 is 0. The van der Waals surface area contributed by atoms with Crippen LogP contribution in [0.5, 0.6) is 0 Å². The predicted molar refractivity (Wildman–Crippen MR) is 76.9 cm³/mol. The van der Waals surface area contributed by atoms with Crippen molar-refractivity contribution in [2.45, 2.75) is 45.6 Å². The van der Waals surface area contributed by atoms with Gasteiger partial charge in [0, 0.05) is 0 Å². The summed E-state index contributed by atoms with van der Waals surface area (Å²) in [4.78, 5) is 0. The summed E-state index contributed by atoms with van der Waals surface area (Å²) in [5.74, 6) is 4.34. The number of hydrogen-bond donors (Lipinski definition) is 1. The Kier molecular flexibility index (Phi) is 2.57. The van der Waals surface area contributed by atoms with Crippen molar-refractivity contribution in [3.8, 4) is 0 Å². The van der Waals surface area contributed by atoms with Crippen molar-refractivity contribution in [1.29, 1.82) is 0 Å². The molecule has 3 saturated carbocycles. The van der Waals surface area contributed by atoms with E-state index in [-0.39, 0.29) is 6.10 Å². The van der Waals surface area contributed by atoms with E-state index in [2.05, 4.69) is 32.0 Å². The van der Waals surface area contributed by atoms with Gasteiger partial charge in [0.1, 0.15) is 0 Å². The molecule has 3 aliphatic rings. The summed E-state index contributed by atoms with van der Waals surface area (Å²) in [6.07, 6.45) is 5.12. The molecule has 0 aliphatic heterocycles. The Morgan fingerprint density at radius 1 is 1.11 bits per heavy atom. The molecule has 1 N–H and O–H groups in total. The summed E-state index contributed by atoms with van der Waals surface area (Å²) >= 11 is 0. The number of aliphatic hydroxyl groups excluding tert-OH is 1. The van der Waals surface area contributed by atoms with Gasteiger partial charge in [-0.3, -0.25) is 0 Å². The third kappa shape index (κ3) is 1.78. The van der Waals surface area contributed by atoms with E-state index in [9.17, 15) is 5.11 Å². The van der Waals surface area contributed by atoms with Crippen LogP contribution < -0.4 is 0 Å². The predicted octanol–water partition coefficient (Wildman–Crippen LogP) is 3.50. The quantitative estimate of drug-likeness (QED) is 0.877. The largest absolute Gasteiger partial charge is 0.392 e. The molecule has 0 heterocycles. The second-order valence-electron chi connectivity index (χ2n) is 7.26. The van der Waals surface area contributed by atoms with Gasteiger partial charge in [0.2, 0.25) is 0 Å². The van der Waals surface area contributed by atoms with E-state index in [1.807, 2.05) is 0 Å². The number of hydrogen-bond acceptors (Lipinski definition) is 1. The molecule has 5 atom stereocenters. The van der Waals surface area contributed by atoms with Gasteiger partial charge in [0.25, 0.3) is 0 Å². The van der Waals surface area contributed by atoms with Crippen LogP contribution in [-0.4, -0.2) is 11.2 Å². The second kappa shape index (κ2) is 4.09. The molecule has 102 valence electrons. The standard InChI is InChI=1S/C18H24O/c1-10-3-4-12(7-11(10)2)8-15(19)18-16-13-5-6-14(9-13)17(16)18/h3-4,7,13-19H,5-6,8-9H2,1-2H3. The number of aliphatic hydroxyl groups is 1. The van der Waals surface area contributed by atoms with Crippen LogP contribution in [0, 0.1) is 43.4 Å². The maximum atomic E-state index is 10.6. The van der Waals surface area contributed by atoms with Gasteiger partial charge in [-0.05, 0) is 85.8 Å². The van der Waals surface area contributed by atoms with E-state index in [1.165, 1.54) is 36.0 Å². The Hall–Kier alpha value is -0.820. The molecular weight excluding hydrogens is 232 g/mol. The van der Waals surface area contributed by atoms with Crippen molar-refractivity contribution in [1.82, 2.24) is 0 Å². The fraction of sp³-hybridized carbons (Fsp3) is 0.667. The molecule has 0 radical (unpaired) electrons. The molecule has 2 bridgehead atoms. The van der Waals surface area contributed by atoms with E-state index in [1.54, 1.807) is 0 Å². The van der Waals surface area contributed by atoms with Gasteiger partial charge in [-0.25, -0.2) is 0 Å². The van der Waals surface area contributed by atoms with E-state index in [0.29, 0.717) is 5.92 Å². The molecule has 3 aliphatic carbocycles. The van der Waals surface area contributed by atoms with Crippen molar-refractivity contribution < 1.29 is 5.11 Å². The number of benzene rings is 1. The van der Waals surface area contributed by atoms with Crippen molar-refractivity contribution in [2.75, 3.05) is 0 Å². The molecule has 1 aromatic rings. The zero-order valence-electron chi connectivity index (χ0n) is 12.0. The van der Waals surface area contributed by atoms with E-state index in [4.69, 9.17) is 0 Å². The van der Waals surface area contributed by atoms with Crippen LogP contribution >= 0.6 is 0 Å². The molecule has 0 saturated heterocycles. The molecule has 5 unspecified atom stereocenters. The minimum Gasteiger partial charge on any atom is -0.392 e. The average molecular weight is 256 g/mol. The topological polar surface area (TPSA) is 20.2 Å². The van der Waals surface area contributed by atoms with Crippen LogP contribution in [0.2, 0.25) is 0 Å². The summed E-state index contributed by atoms with van der Waals surface area (Å²) in [5, 5.41) is 10.6. The smallest absolute Gasteiger partial charge is 0.0614 e. The SMILES string of the molecule is Cc1ccc(CC(O)C2C3C4CCC(C4)C23)cc1C. The summed E-state index contributed by atoms with van der Waals surface area (Å²) in [7, 11) is 0. The van der Waals surface area contributed by atoms with Gasteiger partial charge in [-0.2, -0.15) is 0 Å². The molecule has 19 heavy (non-hydrogen) atoms. The first kappa shape index (κ1) is 12.0. The van der Waals surface area contributed by atoms with Crippen LogP contribution in [0.1, 0.15) is 36.0 Å². The second-order valence-corrected chi connectivity index (χ2v) is 7.26. The van der Waals surface area contributed by atoms with Gasteiger partial charge >= 0.3 is 0 Å². The first-order chi connectivity index (χ1) is 9.15. The fourth-order valence-electron chi connectivity index (χ4n) is 5.21. The highest BCUT2D eigenvalue weighted by Crippen LogP contribution is 2.70. The third-order valence-corrected chi connectivity index (χ3v) is 6.26. The number of aryl methyl sites for hydroxylation is 2. The fourth-order valence-corrected chi connectivity index (χ4v) is 5.21. The highest BCUT2D eigenvalue weighted by Gasteiger charge is 2.66. The Bertz CT molecular complexity index is 490. The lowest BCUT2D eigenvalue weighted by Crippen LogP contribution is -2.18. The monoisotopic (exact) mass is 256 g/mol. The highest BCUT2D eigenvalue weighted by atomic mass is 16.3. The lowest BCUT2D eigenvalue weighted by atomic mass is 9.94. The molecule has 3 fully saturated rings. The van der Waals surface area contributed by atoms with Gasteiger partial charge in [0.15, 0.2) is 0 Å². The minimum absolute atomic E-state index is 0.0968. The lowest BCUT2D eigenvalue weighted by molar-refractivity contribution is 0.128. The summed E-state index contributed by atoms with van der Waals surface area (Å²) in [6, 6.07) is 6.64. The van der Waals surface area contributed by atoms with Crippen LogP contribution in [0.15, 0.2) is 18.2 Å². The molecule has 1 heteroatoms. The van der Waals surface area contributed by atoms with Crippen LogP contribution in [-0.2, 0) is 6.42 Å². The maximum Gasteiger partial charge on any atom is 0.0614 e. The number of fused-ring (bicyclic) bond motifs is 5. The average Bonchev–Trinajstić information content (AvgIpc) is 2.83. The van der Waals surface area contributed by atoms with Crippen LogP contribution in [0.25, 0.3) is 0 Å². The van der Waals surface area contributed by atoms with Crippen LogP contribution in [0.4, 0.5) is 0 Å². The highest BCUT2D eigenvalue weighted by molar-refractivity contribution is 5.30. The maximum absolute atomic E-state index is 10.6. The van der Waals surface area contributed by atoms with Crippen molar-refractivity contribution in [3.63, 3.8) is 0 Å². The van der Waals surface area contributed by atoms with Gasteiger partial charge in [-0.15, -0.1) is 0 Å². The van der Waals surface area contributed by atoms with E-state index in [0.717, 1.165) is 30.1 Å². The molecule has 4 rings (SSSR count). The molecular formula is C18H24O. The van der Waals surface area contributed by atoms with Gasteiger partial charge < -0.3 is 5.11 Å². The van der Waals surface area contributed by atoms with Gasteiger partial charge in [-0.1, -0.05) is 18.2 Å². The Labute approximate surface area is 116 Å². The Morgan fingerprint density at radius 3 is 2.42 bits per heavy atom.